The molecule has 0 radical (unpaired) electrons. The minimum atomic E-state index is -3.89. The van der Waals surface area contributed by atoms with Crippen LogP contribution in [0.25, 0.3) is 0 Å². The van der Waals surface area contributed by atoms with E-state index in [1.165, 1.54) is 38.5 Å². The first-order chi connectivity index (χ1) is 12.3. The van der Waals surface area contributed by atoms with Crippen LogP contribution in [0.2, 0.25) is 0 Å². The van der Waals surface area contributed by atoms with Gasteiger partial charge in [0.2, 0.25) is 9.64 Å². The quantitative estimate of drug-likeness (QED) is 0.140. The Hall–Kier alpha value is 0.980. The summed E-state index contributed by atoms with van der Waals surface area (Å²) >= 11 is 17.1. The van der Waals surface area contributed by atoms with Crippen molar-refractivity contribution in [2.45, 2.75) is 101 Å². The molecule has 0 aliphatic heterocycles. The lowest BCUT2D eigenvalue weighted by Gasteiger charge is -2.27. The van der Waals surface area contributed by atoms with E-state index in [0.717, 1.165) is 38.5 Å². The third-order valence-corrected chi connectivity index (χ3v) is 7.28. The molecule has 0 rings (SSSR count). The van der Waals surface area contributed by atoms with Crippen LogP contribution in [0.15, 0.2) is 0 Å². The number of aliphatic hydroxyl groups excluding tert-OH is 1. The largest absolute Gasteiger partial charge is 0.377 e. The van der Waals surface area contributed by atoms with Crippen molar-refractivity contribution < 1.29 is 18.7 Å². The summed E-state index contributed by atoms with van der Waals surface area (Å²) in [6, 6.07) is 0. The maximum absolute atomic E-state index is 12.9. The highest BCUT2D eigenvalue weighted by molar-refractivity contribution is 7.55. The summed E-state index contributed by atoms with van der Waals surface area (Å²) in [5.74, 6) is -1.79. The molecule has 1 N–H and O–H groups in total. The standard InChI is InChI=1S/C18H36Cl3O4P/c1-3-5-7-9-11-13-15-24-26(23,17(22)18(19,20)21)25-16-14-12-10-8-6-4-2/h17,22H,3-16H2,1-2H3/t17-/m1/s1. The first kappa shape index (κ1) is 27.0. The van der Waals surface area contributed by atoms with Gasteiger partial charge < -0.3 is 14.2 Å². The van der Waals surface area contributed by atoms with E-state index in [1.807, 2.05) is 0 Å². The molecule has 0 spiro atoms. The smallest absolute Gasteiger partial charge is 0.363 e. The van der Waals surface area contributed by atoms with E-state index in [2.05, 4.69) is 13.8 Å². The summed E-state index contributed by atoms with van der Waals surface area (Å²) in [6.45, 7) is 4.77. The highest BCUT2D eigenvalue weighted by Gasteiger charge is 2.47. The van der Waals surface area contributed by atoms with Crippen LogP contribution in [0.4, 0.5) is 0 Å². The lowest BCUT2D eigenvalue weighted by atomic mass is 10.1. The van der Waals surface area contributed by atoms with Crippen molar-refractivity contribution in [3.8, 4) is 0 Å². The minimum absolute atomic E-state index is 0.220. The van der Waals surface area contributed by atoms with Crippen LogP contribution >= 0.6 is 42.4 Å². The molecule has 0 unspecified atom stereocenters. The molecule has 0 saturated carbocycles. The van der Waals surface area contributed by atoms with Crippen LogP contribution < -0.4 is 0 Å². The first-order valence-electron chi connectivity index (χ1n) is 9.91. The molecule has 0 heterocycles. The van der Waals surface area contributed by atoms with Gasteiger partial charge in [0.05, 0.1) is 13.2 Å². The van der Waals surface area contributed by atoms with Gasteiger partial charge >= 0.3 is 7.60 Å². The number of rotatable bonds is 17. The van der Waals surface area contributed by atoms with Gasteiger partial charge in [0.1, 0.15) is 0 Å². The fraction of sp³-hybridized carbons (Fsp3) is 1.00. The number of aliphatic hydroxyl groups is 1. The third kappa shape index (κ3) is 13.2. The summed E-state index contributed by atoms with van der Waals surface area (Å²) in [4.78, 5) is 0. The lowest BCUT2D eigenvalue weighted by Crippen LogP contribution is -2.27. The molecule has 158 valence electrons. The fourth-order valence-electron chi connectivity index (χ4n) is 2.51. The second-order valence-corrected chi connectivity index (χ2v) is 11.1. The van der Waals surface area contributed by atoms with E-state index >= 15 is 0 Å². The van der Waals surface area contributed by atoms with Crippen LogP contribution in [0.5, 0.6) is 0 Å². The molecule has 0 aliphatic carbocycles. The van der Waals surface area contributed by atoms with Gasteiger partial charge in [-0.2, -0.15) is 0 Å². The normalized spacial score (nSPS) is 13.9. The summed E-state index contributed by atoms with van der Waals surface area (Å²) in [7, 11) is -3.89. The second kappa shape index (κ2) is 15.9. The maximum atomic E-state index is 12.9. The van der Waals surface area contributed by atoms with Gasteiger partial charge in [0.15, 0.2) is 0 Å². The Morgan fingerprint density at radius 3 is 1.46 bits per heavy atom. The zero-order valence-electron chi connectivity index (χ0n) is 16.2. The van der Waals surface area contributed by atoms with E-state index < -0.39 is 17.2 Å². The Morgan fingerprint density at radius 1 is 0.769 bits per heavy atom. The van der Waals surface area contributed by atoms with Crippen LogP contribution in [-0.4, -0.2) is 28.0 Å². The van der Waals surface area contributed by atoms with Crippen LogP contribution in [0, 0.1) is 0 Å². The second-order valence-electron chi connectivity index (χ2n) is 6.66. The molecule has 0 aliphatic rings. The summed E-state index contributed by atoms with van der Waals surface area (Å²) in [6.07, 6.45) is 12.8. The van der Waals surface area contributed by atoms with Crippen LogP contribution in [-0.2, 0) is 13.6 Å². The van der Waals surface area contributed by atoms with E-state index in [1.54, 1.807) is 0 Å². The van der Waals surface area contributed by atoms with E-state index in [-0.39, 0.29) is 13.2 Å². The zero-order valence-corrected chi connectivity index (χ0v) is 19.4. The monoisotopic (exact) mass is 452 g/mol. The van der Waals surface area contributed by atoms with Crippen molar-refractivity contribution in [3.05, 3.63) is 0 Å². The fourth-order valence-corrected chi connectivity index (χ4v) is 5.06. The zero-order chi connectivity index (χ0) is 19.9. The molecule has 0 saturated heterocycles. The van der Waals surface area contributed by atoms with Crippen LogP contribution in [0.1, 0.15) is 90.9 Å². The molecule has 4 nitrogen and oxygen atoms in total. The highest BCUT2D eigenvalue weighted by atomic mass is 35.6. The Bertz CT molecular complexity index is 356. The van der Waals surface area contributed by atoms with Gasteiger partial charge in [-0.05, 0) is 12.8 Å². The Kier molecular flexibility index (Phi) is 16.4. The summed E-state index contributed by atoms with van der Waals surface area (Å²) in [5.41, 5.74) is 0. The van der Waals surface area contributed by atoms with Crippen molar-refractivity contribution in [2.24, 2.45) is 0 Å². The molecule has 0 amide bonds. The molecule has 1 atom stereocenters. The van der Waals surface area contributed by atoms with Gasteiger partial charge in [-0.3, -0.25) is 4.57 Å². The molecule has 8 heteroatoms. The van der Waals surface area contributed by atoms with Gasteiger partial charge in [-0.25, -0.2) is 0 Å². The van der Waals surface area contributed by atoms with E-state index in [4.69, 9.17) is 43.9 Å². The molecule has 0 aromatic rings. The average molecular weight is 454 g/mol. The predicted octanol–water partition coefficient (Wildman–Crippen LogP) is 7.62. The maximum Gasteiger partial charge on any atom is 0.363 e. The Labute approximate surface area is 174 Å². The van der Waals surface area contributed by atoms with Crippen molar-refractivity contribution in [1.82, 2.24) is 0 Å². The lowest BCUT2D eigenvalue weighted by molar-refractivity contribution is 0.139. The third-order valence-electron chi connectivity index (χ3n) is 4.13. The highest BCUT2D eigenvalue weighted by Crippen LogP contribution is 2.59. The topological polar surface area (TPSA) is 55.8 Å². The molecular formula is C18H36Cl3O4P. The van der Waals surface area contributed by atoms with Gasteiger partial charge in [0.25, 0.3) is 0 Å². The Balaban J connectivity index is 4.29. The van der Waals surface area contributed by atoms with Gasteiger partial charge in [0, 0.05) is 0 Å². The molecule has 0 aromatic carbocycles. The number of halogens is 3. The number of hydrogen-bond donors (Lipinski definition) is 1. The van der Waals surface area contributed by atoms with Crippen molar-refractivity contribution in [3.63, 3.8) is 0 Å². The molecule has 0 bridgehead atoms. The molecule has 0 aromatic heterocycles. The number of unbranched alkanes of at least 4 members (excludes halogenated alkanes) is 10. The number of alkyl halides is 3. The first-order valence-corrected chi connectivity index (χ1v) is 12.7. The van der Waals surface area contributed by atoms with Crippen LogP contribution in [0.3, 0.4) is 0 Å². The van der Waals surface area contributed by atoms with E-state index in [9.17, 15) is 9.67 Å². The average Bonchev–Trinajstić information content (AvgIpc) is 2.58. The van der Waals surface area contributed by atoms with Crippen molar-refractivity contribution in [2.75, 3.05) is 13.2 Å². The molecular weight excluding hydrogens is 418 g/mol. The molecule has 26 heavy (non-hydrogen) atoms. The van der Waals surface area contributed by atoms with Crippen molar-refractivity contribution >= 4 is 42.4 Å². The molecule has 0 fully saturated rings. The Morgan fingerprint density at radius 2 is 1.12 bits per heavy atom. The van der Waals surface area contributed by atoms with E-state index in [0.29, 0.717) is 0 Å². The summed E-state index contributed by atoms with van der Waals surface area (Å²) < 4.78 is 21.6. The SMILES string of the molecule is CCCCCCCCOP(=O)(OCCCCCCCC)[C@@H](O)C(Cl)(Cl)Cl. The predicted molar refractivity (Wildman–Crippen MR) is 113 cm³/mol. The van der Waals surface area contributed by atoms with Crippen molar-refractivity contribution in [1.29, 1.82) is 0 Å². The van der Waals surface area contributed by atoms with Gasteiger partial charge in [-0.15, -0.1) is 0 Å². The summed E-state index contributed by atoms with van der Waals surface area (Å²) in [5, 5.41) is 10.1. The minimum Gasteiger partial charge on any atom is -0.377 e. The number of hydrogen-bond acceptors (Lipinski definition) is 4. The van der Waals surface area contributed by atoms with Gasteiger partial charge in [-0.1, -0.05) is 113 Å².